The van der Waals surface area contributed by atoms with Gasteiger partial charge in [0.15, 0.2) is 8.29 Å². The number of nitrogens with one attached hydrogen (secondary N) is 1. The summed E-state index contributed by atoms with van der Waals surface area (Å²) in [6.07, 6.45) is 1.48. The lowest BCUT2D eigenvalue weighted by Crippen LogP contribution is -2.22. The molecule has 0 saturated carbocycles. The van der Waals surface area contributed by atoms with Crippen molar-refractivity contribution < 1.29 is 4.79 Å². The summed E-state index contributed by atoms with van der Waals surface area (Å²) in [5, 5.41) is 8.02. The van der Waals surface area contributed by atoms with Crippen molar-refractivity contribution in [3.8, 4) is 5.69 Å². The SMILES string of the molecule is CC(Sc1nn(-c2ccc(Cl)cc2)c(=S)s1)C(=O)Nc1ccc(Cl)cn1. The van der Waals surface area contributed by atoms with Crippen LogP contribution in [0, 0.1) is 3.95 Å². The van der Waals surface area contributed by atoms with Crippen molar-refractivity contribution >= 4 is 70.2 Å². The van der Waals surface area contributed by atoms with E-state index >= 15 is 0 Å². The van der Waals surface area contributed by atoms with Crippen LogP contribution in [0.2, 0.25) is 10.0 Å². The average Bonchev–Trinajstić information content (AvgIpc) is 2.97. The third kappa shape index (κ3) is 4.83. The number of hydrogen-bond donors (Lipinski definition) is 1. The number of anilines is 1. The van der Waals surface area contributed by atoms with Gasteiger partial charge >= 0.3 is 0 Å². The second-order valence-electron chi connectivity index (χ2n) is 5.13. The molecule has 1 unspecified atom stereocenters. The highest BCUT2D eigenvalue weighted by Gasteiger charge is 2.18. The van der Waals surface area contributed by atoms with E-state index in [2.05, 4.69) is 15.4 Å². The Morgan fingerprint density at radius 3 is 2.58 bits per heavy atom. The molecule has 26 heavy (non-hydrogen) atoms. The Balaban J connectivity index is 1.69. The summed E-state index contributed by atoms with van der Waals surface area (Å²) >= 11 is 19.8. The van der Waals surface area contributed by atoms with Crippen molar-refractivity contribution in [3.05, 3.63) is 56.6 Å². The van der Waals surface area contributed by atoms with Gasteiger partial charge in [-0.1, -0.05) is 46.3 Å². The maximum atomic E-state index is 12.3. The molecule has 134 valence electrons. The van der Waals surface area contributed by atoms with Gasteiger partial charge in [0.25, 0.3) is 0 Å². The van der Waals surface area contributed by atoms with Gasteiger partial charge in [-0.25, -0.2) is 9.67 Å². The van der Waals surface area contributed by atoms with Crippen LogP contribution >= 0.6 is 58.5 Å². The van der Waals surface area contributed by atoms with E-state index in [4.69, 9.17) is 35.4 Å². The largest absolute Gasteiger partial charge is 0.310 e. The van der Waals surface area contributed by atoms with Crippen LogP contribution in [0.25, 0.3) is 5.69 Å². The van der Waals surface area contributed by atoms with Gasteiger partial charge in [0.2, 0.25) is 5.91 Å². The van der Waals surface area contributed by atoms with Crippen LogP contribution in [-0.2, 0) is 4.79 Å². The zero-order valence-electron chi connectivity index (χ0n) is 13.3. The fourth-order valence-electron chi connectivity index (χ4n) is 1.94. The minimum atomic E-state index is -0.369. The standard InChI is InChI=1S/C16H12Cl2N4OS3/c1-9(14(23)20-13-7-4-11(18)8-19-13)25-15-21-22(16(24)26-15)12-5-2-10(17)3-6-12/h2-9H,1H3,(H,19,20,23). The van der Waals surface area contributed by atoms with Crippen LogP contribution < -0.4 is 5.32 Å². The van der Waals surface area contributed by atoms with Crippen molar-refractivity contribution in [1.29, 1.82) is 0 Å². The number of hydrogen-bond acceptors (Lipinski definition) is 6. The second-order valence-corrected chi connectivity index (χ2v) is 9.22. The Bertz CT molecular complexity index is 970. The molecular formula is C16H12Cl2N4OS3. The number of aromatic nitrogens is 3. The van der Waals surface area contributed by atoms with E-state index in [1.807, 2.05) is 12.1 Å². The third-order valence-electron chi connectivity index (χ3n) is 3.23. The molecule has 0 aliphatic carbocycles. The second kappa shape index (κ2) is 8.49. The Morgan fingerprint density at radius 2 is 1.92 bits per heavy atom. The first kappa shape index (κ1) is 19.3. The Morgan fingerprint density at radius 1 is 1.23 bits per heavy atom. The predicted molar refractivity (Wildman–Crippen MR) is 110 cm³/mol. The number of thioether (sulfide) groups is 1. The van der Waals surface area contributed by atoms with Crippen LogP contribution in [0.4, 0.5) is 5.82 Å². The molecule has 0 fully saturated rings. The first-order valence-electron chi connectivity index (χ1n) is 7.37. The van der Waals surface area contributed by atoms with Gasteiger partial charge in [0.1, 0.15) is 5.82 Å². The summed E-state index contributed by atoms with van der Waals surface area (Å²) < 4.78 is 2.96. The number of rotatable bonds is 5. The zero-order valence-corrected chi connectivity index (χ0v) is 17.3. The van der Waals surface area contributed by atoms with E-state index in [1.165, 1.54) is 29.3 Å². The van der Waals surface area contributed by atoms with E-state index in [-0.39, 0.29) is 11.2 Å². The quantitative estimate of drug-likeness (QED) is 0.418. The maximum Gasteiger partial charge on any atom is 0.238 e. The number of carbonyl (C=O) groups is 1. The monoisotopic (exact) mass is 442 g/mol. The topological polar surface area (TPSA) is 59.8 Å². The Labute approximate surface area is 173 Å². The summed E-state index contributed by atoms with van der Waals surface area (Å²) in [4.78, 5) is 16.4. The number of nitrogens with zero attached hydrogens (tertiary/aromatic N) is 3. The third-order valence-corrected chi connectivity index (χ3v) is 6.12. The van der Waals surface area contributed by atoms with Gasteiger partial charge in [-0.3, -0.25) is 4.79 Å². The first-order chi connectivity index (χ1) is 12.4. The van der Waals surface area contributed by atoms with Crippen LogP contribution in [0.15, 0.2) is 46.9 Å². The average molecular weight is 443 g/mol. The van der Waals surface area contributed by atoms with E-state index in [0.717, 1.165) is 5.69 Å². The van der Waals surface area contributed by atoms with E-state index in [1.54, 1.807) is 35.9 Å². The maximum absolute atomic E-state index is 12.3. The molecule has 10 heteroatoms. The van der Waals surface area contributed by atoms with Gasteiger partial charge in [-0.15, -0.1) is 5.10 Å². The van der Waals surface area contributed by atoms with Gasteiger partial charge in [-0.2, -0.15) is 0 Å². The molecule has 1 atom stereocenters. The van der Waals surface area contributed by atoms with Crippen LogP contribution in [-0.4, -0.2) is 25.9 Å². The smallest absolute Gasteiger partial charge is 0.238 e. The molecule has 5 nitrogen and oxygen atoms in total. The molecule has 1 N–H and O–H groups in total. The van der Waals surface area contributed by atoms with Gasteiger partial charge in [-0.05, 0) is 55.5 Å². The molecule has 3 aromatic rings. The highest BCUT2D eigenvalue weighted by Crippen LogP contribution is 2.28. The van der Waals surface area contributed by atoms with Crippen molar-refractivity contribution in [3.63, 3.8) is 0 Å². The van der Waals surface area contributed by atoms with Crippen LogP contribution in [0.3, 0.4) is 0 Å². The summed E-state index contributed by atoms with van der Waals surface area (Å²) in [5.41, 5.74) is 0.824. The van der Waals surface area contributed by atoms with Gasteiger partial charge in [0, 0.05) is 11.2 Å². The molecule has 1 aromatic carbocycles. The molecule has 0 radical (unpaired) electrons. The highest BCUT2D eigenvalue weighted by atomic mass is 35.5. The van der Waals surface area contributed by atoms with Crippen molar-refractivity contribution in [2.45, 2.75) is 16.5 Å². The molecular weight excluding hydrogens is 431 g/mol. The molecule has 0 aliphatic heterocycles. The van der Waals surface area contributed by atoms with Crippen molar-refractivity contribution in [2.75, 3.05) is 5.32 Å². The predicted octanol–water partition coefficient (Wildman–Crippen LogP) is 5.48. The van der Waals surface area contributed by atoms with Gasteiger partial charge < -0.3 is 5.32 Å². The normalized spacial score (nSPS) is 12.0. The molecule has 0 spiro atoms. The van der Waals surface area contributed by atoms with E-state index in [9.17, 15) is 4.79 Å². The first-order valence-corrected chi connectivity index (χ1v) is 10.2. The van der Waals surface area contributed by atoms with Crippen LogP contribution in [0.1, 0.15) is 6.92 Å². The Kier molecular flexibility index (Phi) is 6.31. The fraction of sp³-hybridized carbons (Fsp3) is 0.125. The fourth-order valence-corrected chi connectivity index (χ4v) is 4.68. The minimum Gasteiger partial charge on any atom is -0.310 e. The summed E-state index contributed by atoms with van der Waals surface area (Å²) in [7, 11) is 0. The molecule has 2 aromatic heterocycles. The minimum absolute atomic E-state index is 0.177. The lowest BCUT2D eigenvalue weighted by Gasteiger charge is -2.09. The molecule has 1 amide bonds. The van der Waals surface area contributed by atoms with Crippen LogP contribution in [0.5, 0.6) is 0 Å². The number of amides is 1. The lowest BCUT2D eigenvalue weighted by atomic mass is 10.3. The summed E-state index contributed by atoms with van der Waals surface area (Å²) in [6.45, 7) is 1.80. The number of halogens is 2. The van der Waals surface area contributed by atoms with E-state index in [0.29, 0.717) is 24.2 Å². The number of carbonyl (C=O) groups excluding carboxylic acids is 1. The molecule has 0 aliphatic rings. The Hall–Kier alpha value is -1.45. The zero-order chi connectivity index (χ0) is 18.7. The van der Waals surface area contributed by atoms with Crippen molar-refractivity contribution in [1.82, 2.24) is 14.8 Å². The highest BCUT2D eigenvalue weighted by molar-refractivity contribution is 8.02. The molecule has 0 bridgehead atoms. The number of benzene rings is 1. The van der Waals surface area contributed by atoms with Crippen molar-refractivity contribution in [2.24, 2.45) is 0 Å². The summed E-state index contributed by atoms with van der Waals surface area (Å²) in [5.74, 6) is 0.273. The molecule has 3 rings (SSSR count). The number of pyridine rings is 1. The molecule has 0 saturated heterocycles. The lowest BCUT2D eigenvalue weighted by molar-refractivity contribution is -0.115. The van der Waals surface area contributed by atoms with E-state index < -0.39 is 0 Å². The molecule has 2 heterocycles. The summed E-state index contributed by atoms with van der Waals surface area (Å²) in [6, 6.07) is 10.6. The van der Waals surface area contributed by atoms with Gasteiger partial charge in [0.05, 0.1) is 16.0 Å².